The molecule has 1 aliphatic heterocycles. The van der Waals surface area contributed by atoms with Crippen LogP contribution in [0.5, 0.6) is 5.75 Å². The Morgan fingerprint density at radius 1 is 1.50 bits per heavy atom. The Bertz CT molecular complexity index is 574. The van der Waals surface area contributed by atoms with Crippen molar-refractivity contribution in [2.24, 2.45) is 16.6 Å². The Labute approximate surface area is 144 Å². The van der Waals surface area contributed by atoms with Crippen LogP contribution in [-0.4, -0.2) is 50.6 Å². The quantitative estimate of drug-likeness (QED) is 0.609. The molecule has 1 atom stereocenters. The first kappa shape index (κ1) is 18.1. The Balaban J connectivity index is 1.84. The second-order valence-electron chi connectivity index (χ2n) is 6.20. The highest BCUT2D eigenvalue weighted by molar-refractivity contribution is 5.80. The van der Waals surface area contributed by atoms with E-state index < -0.39 is 0 Å². The molecule has 2 rings (SSSR count). The molecular weight excluding hydrogens is 304 g/mol. The number of methoxy groups -OCH3 is 1. The molecule has 132 valence electrons. The van der Waals surface area contributed by atoms with Crippen LogP contribution in [0.2, 0.25) is 0 Å². The Hall–Kier alpha value is -2.24. The fraction of sp³-hybridized carbons (Fsp3) is 0.556. The second-order valence-corrected chi connectivity index (χ2v) is 6.20. The van der Waals surface area contributed by atoms with Gasteiger partial charge in [0, 0.05) is 33.1 Å². The zero-order chi connectivity index (χ0) is 17.4. The molecule has 1 heterocycles. The molecule has 1 fully saturated rings. The summed E-state index contributed by atoms with van der Waals surface area (Å²) in [5.74, 6) is 1.88. The highest BCUT2D eigenvalue weighted by Crippen LogP contribution is 2.19. The molecule has 6 heteroatoms. The van der Waals surface area contributed by atoms with Gasteiger partial charge in [-0.25, -0.2) is 0 Å². The van der Waals surface area contributed by atoms with Crippen LogP contribution < -0.4 is 15.8 Å². The van der Waals surface area contributed by atoms with Gasteiger partial charge in [0.2, 0.25) is 5.91 Å². The number of ether oxygens (including phenoxy) is 1. The third kappa shape index (κ3) is 5.44. The number of nitrogens with one attached hydrogen (secondary N) is 1. The number of carbonyl (C=O) groups is 1. The molecule has 0 aliphatic carbocycles. The van der Waals surface area contributed by atoms with Crippen molar-refractivity contribution in [1.82, 2.24) is 10.2 Å². The van der Waals surface area contributed by atoms with E-state index in [2.05, 4.69) is 21.3 Å². The fourth-order valence-corrected chi connectivity index (χ4v) is 3.19. The smallest absolute Gasteiger partial charge is 0.217 e. The number of hydrogen-bond acceptors (Lipinski definition) is 3. The van der Waals surface area contributed by atoms with Gasteiger partial charge in [0.25, 0.3) is 0 Å². The maximum atomic E-state index is 11.1. The van der Waals surface area contributed by atoms with Crippen LogP contribution in [0.4, 0.5) is 0 Å². The predicted molar refractivity (Wildman–Crippen MR) is 96.2 cm³/mol. The van der Waals surface area contributed by atoms with Gasteiger partial charge in [0.1, 0.15) is 5.75 Å². The molecule has 1 saturated heterocycles. The number of rotatable bonds is 6. The number of likely N-dealkylation sites (tertiary alicyclic amines) is 1. The monoisotopic (exact) mass is 332 g/mol. The molecule has 0 spiro atoms. The summed E-state index contributed by atoms with van der Waals surface area (Å²) in [5.41, 5.74) is 6.56. The summed E-state index contributed by atoms with van der Waals surface area (Å²) in [6, 6.07) is 8.09. The molecule has 1 unspecified atom stereocenters. The summed E-state index contributed by atoms with van der Waals surface area (Å²) in [4.78, 5) is 17.7. The molecule has 1 aliphatic rings. The lowest BCUT2D eigenvalue weighted by atomic mass is 9.95. The summed E-state index contributed by atoms with van der Waals surface area (Å²) in [5, 5.41) is 3.42. The maximum absolute atomic E-state index is 11.1. The van der Waals surface area contributed by atoms with E-state index in [0.29, 0.717) is 12.3 Å². The minimum absolute atomic E-state index is 0.220. The first-order valence-corrected chi connectivity index (χ1v) is 8.49. The Morgan fingerprint density at radius 3 is 3.04 bits per heavy atom. The number of hydrogen-bond donors (Lipinski definition) is 2. The van der Waals surface area contributed by atoms with Gasteiger partial charge in [0.05, 0.1) is 7.11 Å². The van der Waals surface area contributed by atoms with Crippen molar-refractivity contribution in [3.05, 3.63) is 29.8 Å². The van der Waals surface area contributed by atoms with Crippen LogP contribution in [0.25, 0.3) is 0 Å². The minimum Gasteiger partial charge on any atom is -0.497 e. The highest BCUT2D eigenvalue weighted by Gasteiger charge is 2.23. The third-order valence-corrected chi connectivity index (χ3v) is 4.35. The summed E-state index contributed by atoms with van der Waals surface area (Å²) in [6.45, 7) is 2.60. The summed E-state index contributed by atoms with van der Waals surface area (Å²) in [6.07, 6.45) is 3.47. The lowest BCUT2D eigenvalue weighted by Crippen LogP contribution is -2.47. The molecule has 6 nitrogen and oxygen atoms in total. The van der Waals surface area contributed by atoms with E-state index in [1.165, 1.54) is 5.56 Å². The molecule has 1 aromatic rings. The van der Waals surface area contributed by atoms with Crippen molar-refractivity contribution in [1.29, 1.82) is 0 Å². The average molecular weight is 332 g/mol. The van der Waals surface area contributed by atoms with Gasteiger partial charge in [-0.3, -0.25) is 9.79 Å². The number of piperidine rings is 1. The van der Waals surface area contributed by atoms with Gasteiger partial charge in [-0.15, -0.1) is 0 Å². The van der Waals surface area contributed by atoms with E-state index in [4.69, 9.17) is 10.5 Å². The van der Waals surface area contributed by atoms with Crippen LogP contribution in [0.1, 0.15) is 24.8 Å². The summed E-state index contributed by atoms with van der Waals surface area (Å²) in [7, 11) is 3.48. The van der Waals surface area contributed by atoms with Crippen molar-refractivity contribution in [3.8, 4) is 5.75 Å². The zero-order valence-corrected chi connectivity index (χ0v) is 14.6. The number of aliphatic imine (C=N–C) groups is 1. The average Bonchev–Trinajstić information content (AvgIpc) is 2.58. The van der Waals surface area contributed by atoms with E-state index in [0.717, 1.165) is 50.6 Å². The third-order valence-electron chi connectivity index (χ3n) is 4.35. The summed E-state index contributed by atoms with van der Waals surface area (Å²) < 4.78 is 5.25. The van der Waals surface area contributed by atoms with Crippen LogP contribution in [-0.2, 0) is 11.2 Å². The van der Waals surface area contributed by atoms with E-state index in [1.807, 2.05) is 18.2 Å². The molecule has 24 heavy (non-hydrogen) atoms. The van der Waals surface area contributed by atoms with Gasteiger partial charge < -0.3 is 20.7 Å². The molecule has 0 bridgehead atoms. The fourth-order valence-electron chi connectivity index (χ4n) is 3.19. The topological polar surface area (TPSA) is 80.0 Å². The number of nitrogens with zero attached hydrogens (tertiary/aromatic N) is 2. The number of nitrogens with two attached hydrogens (primary N) is 1. The lowest BCUT2D eigenvalue weighted by molar-refractivity contribution is -0.119. The van der Waals surface area contributed by atoms with Crippen LogP contribution in [0, 0.1) is 5.92 Å². The Morgan fingerprint density at radius 2 is 2.33 bits per heavy atom. The number of guanidine groups is 1. The first-order valence-electron chi connectivity index (χ1n) is 8.49. The standard InChI is InChI=1S/C18H28N4O2/c1-20-18(22-10-4-6-15(13-22)12-17(19)23)21-9-8-14-5-3-7-16(11-14)24-2/h3,5,7,11,15H,4,6,8-10,12-13H2,1-2H3,(H2,19,23)(H,20,21). The first-order chi connectivity index (χ1) is 11.6. The van der Waals surface area contributed by atoms with Crippen LogP contribution in [0.3, 0.4) is 0 Å². The van der Waals surface area contributed by atoms with Gasteiger partial charge in [0.15, 0.2) is 5.96 Å². The highest BCUT2D eigenvalue weighted by atomic mass is 16.5. The number of carbonyl (C=O) groups excluding carboxylic acids is 1. The predicted octanol–water partition coefficient (Wildman–Crippen LogP) is 1.40. The molecule has 1 aromatic carbocycles. The number of primary amides is 1. The van der Waals surface area contributed by atoms with Gasteiger partial charge in [-0.1, -0.05) is 12.1 Å². The molecular formula is C18H28N4O2. The molecule has 0 radical (unpaired) electrons. The summed E-state index contributed by atoms with van der Waals surface area (Å²) >= 11 is 0. The van der Waals surface area contributed by atoms with Gasteiger partial charge in [-0.05, 0) is 42.9 Å². The SMILES string of the molecule is CN=C(NCCc1cccc(OC)c1)N1CCCC(CC(N)=O)C1. The molecule has 0 aromatic heterocycles. The maximum Gasteiger partial charge on any atom is 0.217 e. The van der Waals surface area contributed by atoms with Crippen LogP contribution in [0.15, 0.2) is 29.3 Å². The van der Waals surface area contributed by atoms with E-state index >= 15 is 0 Å². The molecule has 0 saturated carbocycles. The van der Waals surface area contributed by atoms with Gasteiger partial charge in [-0.2, -0.15) is 0 Å². The van der Waals surface area contributed by atoms with E-state index in [-0.39, 0.29) is 5.91 Å². The van der Waals surface area contributed by atoms with E-state index in [9.17, 15) is 4.79 Å². The van der Waals surface area contributed by atoms with E-state index in [1.54, 1.807) is 14.2 Å². The zero-order valence-electron chi connectivity index (χ0n) is 14.6. The van der Waals surface area contributed by atoms with Crippen molar-refractivity contribution in [3.63, 3.8) is 0 Å². The largest absolute Gasteiger partial charge is 0.497 e. The molecule has 1 amide bonds. The van der Waals surface area contributed by atoms with Crippen molar-refractivity contribution >= 4 is 11.9 Å². The normalized spacial score (nSPS) is 18.3. The minimum atomic E-state index is -0.220. The lowest BCUT2D eigenvalue weighted by Gasteiger charge is -2.34. The second kappa shape index (κ2) is 9.15. The number of benzene rings is 1. The molecule has 3 N–H and O–H groups in total. The van der Waals surface area contributed by atoms with Crippen molar-refractivity contribution < 1.29 is 9.53 Å². The van der Waals surface area contributed by atoms with Gasteiger partial charge >= 0.3 is 0 Å². The van der Waals surface area contributed by atoms with Crippen molar-refractivity contribution in [2.45, 2.75) is 25.7 Å². The van der Waals surface area contributed by atoms with Crippen LogP contribution >= 0.6 is 0 Å². The number of amides is 1. The van der Waals surface area contributed by atoms with Crippen molar-refractivity contribution in [2.75, 3.05) is 33.8 Å². The Kier molecular flexibility index (Phi) is 6.90.